The van der Waals surface area contributed by atoms with Crippen molar-refractivity contribution in [1.29, 1.82) is 0 Å². The average molecular weight is 378 g/mol. The highest BCUT2D eigenvalue weighted by atomic mass is 16.3. The lowest BCUT2D eigenvalue weighted by atomic mass is 10.1. The van der Waals surface area contributed by atoms with Crippen molar-refractivity contribution in [3.8, 4) is 11.6 Å². The Hall–Kier alpha value is -3.95. The van der Waals surface area contributed by atoms with Gasteiger partial charge in [-0.15, -0.1) is 5.10 Å². The van der Waals surface area contributed by atoms with Gasteiger partial charge in [-0.2, -0.15) is 19.5 Å². The number of rotatable bonds is 6. The fraction of sp³-hybridized carbons (Fsp3) is 0.167. The van der Waals surface area contributed by atoms with Crippen LogP contribution in [0.5, 0.6) is 0 Å². The van der Waals surface area contributed by atoms with E-state index in [1.165, 1.54) is 4.52 Å². The van der Waals surface area contributed by atoms with E-state index in [2.05, 4.69) is 30.7 Å². The van der Waals surface area contributed by atoms with Crippen LogP contribution in [0.4, 0.5) is 11.9 Å². The van der Waals surface area contributed by atoms with Crippen LogP contribution in [0.1, 0.15) is 15.9 Å². The van der Waals surface area contributed by atoms with Gasteiger partial charge in [0.25, 0.3) is 11.7 Å². The van der Waals surface area contributed by atoms with Gasteiger partial charge in [0.15, 0.2) is 5.76 Å². The minimum Gasteiger partial charge on any atom is -0.461 e. The lowest BCUT2D eigenvalue weighted by Gasteiger charge is -2.06. The lowest BCUT2D eigenvalue weighted by molar-refractivity contribution is 0.0963. The van der Waals surface area contributed by atoms with Gasteiger partial charge in [-0.05, 0) is 36.2 Å². The number of hydrogen-bond acceptors (Lipinski definition) is 8. The molecule has 1 aromatic carbocycles. The van der Waals surface area contributed by atoms with Gasteiger partial charge in [-0.25, -0.2) is 0 Å². The third kappa shape index (κ3) is 3.47. The summed E-state index contributed by atoms with van der Waals surface area (Å²) in [6.07, 6.45) is 2.27. The number of nitrogens with one attached hydrogen (secondary N) is 2. The number of nitrogens with zero attached hydrogens (tertiary/aromatic N) is 5. The van der Waals surface area contributed by atoms with Crippen molar-refractivity contribution in [3.05, 3.63) is 53.8 Å². The molecule has 0 aliphatic rings. The van der Waals surface area contributed by atoms with Crippen LogP contribution in [-0.4, -0.2) is 44.1 Å². The van der Waals surface area contributed by atoms with E-state index >= 15 is 0 Å². The Kier molecular flexibility index (Phi) is 4.58. The minimum atomic E-state index is -0.107. The van der Waals surface area contributed by atoms with Crippen LogP contribution >= 0.6 is 0 Å². The number of nitrogen functional groups attached to an aromatic ring is 1. The number of anilines is 2. The van der Waals surface area contributed by atoms with Crippen LogP contribution in [0.15, 0.2) is 47.1 Å². The molecule has 142 valence electrons. The summed E-state index contributed by atoms with van der Waals surface area (Å²) in [5.41, 5.74) is 7.67. The normalized spacial score (nSPS) is 10.9. The van der Waals surface area contributed by atoms with Gasteiger partial charge in [-0.3, -0.25) is 4.79 Å². The molecule has 28 heavy (non-hydrogen) atoms. The van der Waals surface area contributed by atoms with Crippen LogP contribution in [0, 0.1) is 0 Å². The van der Waals surface area contributed by atoms with Gasteiger partial charge in [0, 0.05) is 19.2 Å². The van der Waals surface area contributed by atoms with E-state index in [-0.39, 0.29) is 11.9 Å². The first kappa shape index (κ1) is 17.5. The van der Waals surface area contributed by atoms with E-state index in [1.807, 2.05) is 12.1 Å². The summed E-state index contributed by atoms with van der Waals surface area (Å²) in [6, 6.07) is 10.9. The molecule has 0 unspecified atom stereocenters. The Balaban J connectivity index is 1.44. The van der Waals surface area contributed by atoms with Crippen molar-refractivity contribution in [2.75, 3.05) is 24.6 Å². The van der Waals surface area contributed by atoms with Gasteiger partial charge >= 0.3 is 0 Å². The Labute approximate surface area is 159 Å². The molecule has 10 nitrogen and oxygen atoms in total. The van der Waals surface area contributed by atoms with Crippen molar-refractivity contribution < 1.29 is 9.21 Å². The maximum atomic E-state index is 11.6. The number of fused-ring (bicyclic) bond motifs is 1. The standard InChI is InChI=1S/C18H18N8O2/c1-20-15(27)12-6-4-11(5-7-12)8-9-21-17-23-16(19)26-18(24-17)22-14(25-26)13-3-2-10-28-13/h2-7,10H,8-9H2,1H3,(H,20,27)(H3,19,21,22,23,24,25). The van der Waals surface area contributed by atoms with Crippen LogP contribution < -0.4 is 16.4 Å². The highest BCUT2D eigenvalue weighted by Gasteiger charge is 2.13. The topological polar surface area (TPSA) is 136 Å². The summed E-state index contributed by atoms with van der Waals surface area (Å²) in [5, 5.41) is 9.98. The van der Waals surface area contributed by atoms with Crippen molar-refractivity contribution >= 4 is 23.6 Å². The second kappa shape index (κ2) is 7.35. The molecule has 0 fully saturated rings. The molecule has 3 aromatic heterocycles. The first-order valence-corrected chi connectivity index (χ1v) is 8.63. The third-order valence-corrected chi connectivity index (χ3v) is 4.11. The number of aromatic nitrogens is 5. The van der Waals surface area contributed by atoms with E-state index in [4.69, 9.17) is 10.2 Å². The van der Waals surface area contributed by atoms with Gasteiger partial charge < -0.3 is 20.8 Å². The van der Waals surface area contributed by atoms with Gasteiger partial charge in [0.2, 0.25) is 17.7 Å². The van der Waals surface area contributed by atoms with Gasteiger partial charge in [0.1, 0.15) is 0 Å². The second-order valence-electron chi connectivity index (χ2n) is 5.98. The van der Waals surface area contributed by atoms with E-state index in [1.54, 1.807) is 37.6 Å². The van der Waals surface area contributed by atoms with Crippen molar-refractivity contribution in [1.82, 2.24) is 29.9 Å². The molecular weight excluding hydrogens is 360 g/mol. The van der Waals surface area contributed by atoms with Crippen molar-refractivity contribution in [2.24, 2.45) is 0 Å². The molecule has 10 heteroatoms. The molecule has 0 aliphatic carbocycles. The Morgan fingerprint density at radius 2 is 2.00 bits per heavy atom. The molecule has 4 aromatic rings. The van der Waals surface area contributed by atoms with E-state index in [0.717, 1.165) is 12.0 Å². The number of carbonyl (C=O) groups excluding carboxylic acids is 1. The molecule has 1 amide bonds. The molecule has 0 bridgehead atoms. The molecule has 0 saturated heterocycles. The molecular formula is C18H18N8O2. The fourth-order valence-electron chi connectivity index (χ4n) is 2.68. The van der Waals surface area contributed by atoms with Crippen LogP contribution in [0.25, 0.3) is 17.4 Å². The summed E-state index contributed by atoms with van der Waals surface area (Å²) in [5.74, 6) is 1.68. The molecule has 0 spiro atoms. The maximum Gasteiger partial charge on any atom is 0.259 e. The quantitative estimate of drug-likeness (QED) is 0.458. The first-order chi connectivity index (χ1) is 13.6. The zero-order valence-electron chi connectivity index (χ0n) is 15.1. The monoisotopic (exact) mass is 378 g/mol. The predicted octanol–water partition coefficient (Wildman–Crippen LogP) is 1.38. The van der Waals surface area contributed by atoms with Gasteiger partial charge in [-0.1, -0.05) is 12.1 Å². The number of furan rings is 1. The summed E-state index contributed by atoms with van der Waals surface area (Å²) in [4.78, 5) is 24.4. The lowest BCUT2D eigenvalue weighted by Crippen LogP contribution is -2.17. The zero-order valence-corrected chi connectivity index (χ0v) is 15.1. The van der Waals surface area contributed by atoms with Crippen LogP contribution in [0.2, 0.25) is 0 Å². The van der Waals surface area contributed by atoms with E-state index < -0.39 is 0 Å². The third-order valence-electron chi connectivity index (χ3n) is 4.11. The largest absolute Gasteiger partial charge is 0.461 e. The van der Waals surface area contributed by atoms with E-state index in [9.17, 15) is 4.79 Å². The average Bonchev–Trinajstić information content (AvgIpc) is 3.38. The first-order valence-electron chi connectivity index (χ1n) is 8.63. The number of carbonyl (C=O) groups is 1. The highest BCUT2D eigenvalue weighted by molar-refractivity contribution is 5.93. The summed E-state index contributed by atoms with van der Waals surface area (Å²) in [7, 11) is 1.61. The Bertz CT molecular complexity index is 1100. The molecule has 0 radical (unpaired) electrons. The maximum absolute atomic E-state index is 11.6. The van der Waals surface area contributed by atoms with Gasteiger partial charge in [0.05, 0.1) is 6.26 Å². The molecule has 3 heterocycles. The van der Waals surface area contributed by atoms with Crippen LogP contribution in [0.3, 0.4) is 0 Å². The summed E-state index contributed by atoms with van der Waals surface area (Å²) >= 11 is 0. The molecule has 0 atom stereocenters. The number of nitrogens with two attached hydrogens (primary N) is 1. The molecule has 4 rings (SSSR count). The summed E-state index contributed by atoms with van der Waals surface area (Å²) < 4.78 is 6.66. The smallest absolute Gasteiger partial charge is 0.259 e. The van der Waals surface area contributed by atoms with Crippen molar-refractivity contribution in [2.45, 2.75) is 6.42 Å². The van der Waals surface area contributed by atoms with E-state index in [0.29, 0.717) is 35.4 Å². The predicted molar refractivity (Wildman–Crippen MR) is 103 cm³/mol. The number of benzene rings is 1. The van der Waals surface area contributed by atoms with Crippen molar-refractivity contribution in [3.63, 3.8) is 0 Å². The highest BCUT2D eigenvalue weighted by Crippen LogP contribution is 2.17. The minimum absolute atomic E-state index is 0.107. The molecule has 0 saturated carbocycles. The SMILES string of the molecule is CNC(=O)c1ccc(CCNc2nc(N)n3nc(-c4ccco4)nc3n2)cc1. The Morgan fingerprint density at radius 3 is 2.71 bits per heavy atom. The number of amides is 1. The fourth-order valence-corrected chi connectivity index (χ4v) is 2.68. The van der Waals surface area contributed by atoms with Crippen LogP contribution in [-0.2, 0) is 6.42 Å². The second-order valence-corrected chi connectivity index (χ2v) is 5.98. The molecule has 4 N–H and O–H groups in total. The number of hydrogen-bond donors (Lipinski definition) is 3. The summed E-state index contributed by atoms with van der Waals surface area (Å²) in [6.45, 7) is 0.591. The Morgan fingerprint density at radius 1 is 1.18 bits per heavy atom. The zero-order chi connectivity index (χ0) is 19.5. The molecule has 0 aliphatic heterocycles.